The molecule has 0 atom stereocenters. The molecule has 0 unspecified atom stereocenters. The zero-order valence-electron chi connectivity index (χ0n) is 7.93. The Hall–Kier alpha value is -1.03. The summed E-state index contributed by atoms with van der Waals surface area (Å²) in [6.07, 6.45) is 3.06. The van der Waals surface area contributed by atoms with Crippen LogP contribution in [0.2, 0.25) is 0 Å². The lowest BCUT2D eigenvalue weighted by Gasteiger charge is -2.03. The van der Waals surface area contributed by atoms with Gasteiger partial charge < -0.3 is 0 Å². The maximum atomic E-state index is 13.2. The molecule has 76 valence electrons. The molecule has 4 heteroatoms. The molecule has 1 aliphatic rings. The van der Waals surface area contributed by atoms with Crippen molar-refractivity contribution in [2.24, 2.45) is 0 Å². The highest BCUT2D eigenvalue weighted by Crippen LogP contribution is 2.26. The average molecular weight is 267 g/mol. The van der Waals surface area contributed by atoms with Crippen LogP contribution >= 0.6 is 15.9 Å². The third kappa shape index (κ3) is 1.44. The molecule has 0 aliphatic heterocycles. The van der Waals surface area contributed by atoms with Gasteiger partial charge in [-0.1, -0.05) is 0 Å². The van der Waals surface area contributed by atoms with Gasteiger partial charge in [0.15, 0.2) is 0 Å². The standard InChI is InChI=1S/C11H8BrFN2/c12-7-4-6(13)5-10-11(7)15-9-3-1-2-8(9)14-10/h4-5H,1-3H2. The van der Waals surface area contributed by atoms with Crippen LogP contribution in [0, 0.1) is 5.82 Å². The summed E-state index contributed by atoms with van der Waals surface area (Å²) < 4.78 is 13.8. The first-order valence-corrected chi connectivity index (χ1v) is 5.68. The lowest BCUT2D eigenvalue weighted by molar-refractivity contribution is 0.628. The molecule has 15 heavy (non-hydrogen) atoms. The van der Waals surface area contributed by atoms with Gasteiger partial charge >= 0.3 is 0 Å². The van der Waals surface area contributed by atoms with Gasteiger partial charge in [-0.15, -0.1) is 0 Å². The first-order valence-electron chi connectivity index (χ1n) is 4.88. The largest absolute Gasteiger partial charge is 0.249 e. The molecule has 0 saturated heterocycles. The summed E-state index contributed by atoms with van der Waals surface area (Å²) in [7, 11) is 0. The zero-order chi connectivity index (χ0) is 10.4. The van der Waals surface area contributed by atoms with Crippen molar-refractivity contribution in [3.05, 3.63) is 33.8 Å². The molecule has 0 N–H and O–H groups in total. The topological polar surface area (TPSA) is 25.8 Å². The van der Waals surface area contributed by atoms with Gasteiger partial charge in [0.1, 0.15) is 11.3 Å². The molecule has 0 fully saturated rings. The Kier molecular flexibility index (Phi) is 1.99. The highest BCUT2D eigenvalue weighted by Gasteiger charge is 2.16. The second kappa shape index (κ2) is 3.23. The molecular formula is C11H8BrFN2. The van der Waals surface area contributed by atoms with Gasteiger partial charge in [-0.25, -0.2) is 14.4 Å². The number of halogens is 2. The van der Waals surface area contributed by atoms with Crippen molar-refractivity contribution in [1.82, 2.24) is 9.97 Å². The number of hydrogen-bond acceptors (Lipinski definition) is 2. The van der Waals surface area contributed by atoms with E-state index in [-0.39, 0.29) is 5.82 Å². The van der Waals surface area contributed by atoms with Crippen molar-refractivity contribution in [2.45, 2.75) is 19.3 Å². The molecule has 1 aliphatic carbocycles. The van der Waals surface area contributed by atoms with Crippen LogP contribution < -0.4 is 0 Å². The fourth-order valence-corrected chi connectivity index (χ4v) is 2.49. The van der Waals surface area contributed by atoms with E-state index >= 15 is 0 Å². The van der Waals surface area contributed by atoms with Crippen molar-refractivity contribution < 1.29 is 4.39 Å². The van der Waals surface area contributed by atoms with Crippen LogP contribution in [0.4, 0.5) is 4.39 Å². The van der Waals surface area contributed by atoms with Crippen molar-refractivity contribution >= 4 is 27.0 Å². The van der Waals surface area contributed by atoms with E-state index in [9.17, 15) is 4.39 Å². The summed E-state index contributed by atoms with van der Waals surface area (Å²) in [6, 6.07) is 2.87. The third-order valence-electron chi connectivity index (χ3n) is 2.67. The molecule has 0 amide bonds. The molecule has 1 aromatic heterocycles. The van der Waals surface area contributed by atoms with Gasteiger partial charge in [-0.05, 0) is 41.3 Å². The van der Waals surface area contributed by atoms with E-state index in [1.165, 1.54) is 12.1 Å². The molecule has 0 spiro atoms. The summed E-state index contributed by atoms with van der Waals surface area (Å²) in [5.74, 6) is -0.276. The van der Waals surface area contributed by atoms with Crippen LogP contribution in [0.25, 0.3) is 11.0 Å². The van der Waals surface area contributed by atoms with Crippen molar-refractivity contribution in [1.29, 1.82) is 0 Å². The monoisotopic (exact) mass is 266 g/mol. The number of rotatable bonds is 0. The summed E-state index contributed by atoms with van der Waals surface area (Å²) >= 11 is 3.31. The number of aryl methyl sites for hydroxylation is 2. The fraction of sp³-hybridized carbons (Fsp3) is 0.273. The molecule has 0 saturated carbocycles. The van der Waals surface area contributed by atoms with E-state index in [1.807, 2.05) is 0 Å². The van der Waals surface area contributed by atoms with Gasteiger partial charge in [0.05, 0.1) is 16.9 Å². The normalized spacial score (nSPS) is 14.5. The SMILES string of the molecule is Fc1cc(Br)c2nc3c(nc2c1)CCC3. The van der Waals surface area contributed by atoms with E-state index in [1.54, 1.807) is 0 Å². The summed E-state index contributed by atoms with van der Waals surface area (Å²) in [4.78, 5) is 8.97. The molecular weight excluding hydrogens is 259 g/mol. The van der Waals surface area contributed by atoms with E-state index < -0.39 is 0 Å². The third-order valence-corrected chi connectivity index (χ3v) is 3.27. The van der Waals surface area contributed by atoms with Crippen LogP contribution in [-0.2, 0) is 12.8 Å². The first-order chi connectivity index (χ1) is 7.24. The number of hydrogen-bond donors (Lipinski definition) is 0. The minimum Gasteiger partial charge on any atom is -0.249 e. The summed E-state index contributed by atoms with van der Waals surface area (Å²) in [5, 5.41) is 0. The van der Waals surface area contributed by atoms with Crippen LogP contribution in [0.5, 0.6) is 0 Å². The first kappa shape index (κ1) is 9.21. The van der Waals surface area contributed by atoms with Gasteiger partial charge in [0.25, 0.3) is 0 Å². The molecule has 1 aromatic carbocycles. The van der Waals surface area contributed by atoms with Crippen LogP contribution in [0.15, 0.2) is 16.6 Å². The zero-order valence-corrected chi connectivity index (χ0v) is 9.51. The smallest absolute Gasteiger partial charge is 0.126 e. The Morgan fingerprint density at radius 3 is 2.67 bits per heavy atom. The minimum atomic E-state index is -0.276. The van der Waals surface area contributed by atoms with Crippen LogP contribution in [0.1, 0.15) is 17.8 Å². The van der Waals surface area contributed by atoms with Crippen molar-refractivity contribution in [3.8, 4) is 0 Å². The van der Waals surface area contributed by atoms with Crippen molar-refractivity contribution in [2.75, 3.05) is 0 Å². The molecule has 0 bridgehead atoms. The molecule has 2 nitrogen and oxygen atoms in total. The number of fused-ring (bicyclic) bond motifs is 2. The second-order valence-electron chi connectivity index (χ2n) is 3.73. The molecule has 0 radical (unpaired) electrons. The fourth-order valence-electron chi connectivity index (χ4n) is 1.98. The maximum Gasteiger partial charge on any atom is 0.126 e. The Balaban J connectivity index is 2.38. The predicted octanol–water partition coefficient (Wildman–Crippen LogP) is 3.02. The Morgan fingerprint density at radius 2 is 1.87 bits per heavy atom. The van der Waals surface area contributed by atoms with E-state index in [0.717, 1.165) is 36.2 Å². The van der Waals surface area contributed by atoms with Crippen LogP contribution in [0.3, 0.4) is 0 Å². The van der Waals surface area contributed by atoms with E-state index in [4.69, 9.17) is 0 Å². The average Bonchev–Trinajstić information content (AvgIpc) is 2.61. The minimum absolute atomic E-state index is 0.276. The maximum absolute atomic E-state index is 13.2. The number of nitrogens with zero attached hydrogens (tertiary/aromatic N) is 2. The molecule has 1 heterocycles. The summed E-state index contributed by atoms with van der Waals surface area (Å²) in [5.41, 5.74) is 3.49. The second-order valence-corrected chi connectivity index (χ2v) is 4.58. The predicted molar refractivity (Wildman–Crippen MR) is 59.2 cm³/mol. The van der Waals surface area contributed by atoms with E-state index in [0.29, 0.717) is 9.99 Å². The van der Waals surface area contributed by atoms with Gasteiger partial charge in [0, 0.05) is 10.5 Å². The number of aromatic nitrogens is 2. The van der Waals surface area contributed by atoms with Gasteiger partial charge in [0.2, 0.25) is 0 Å². The number of benzene rings is 1. The quantitative estimate of drug-likeness (QED) is 0.733. The Labute approximate surface area is 94.7 Å². The van der Waals surface area contributed by atoms with E-state index in [2.05, 4.69) is 25.9 Å². The Bertz CT molecular complexity index is 554. The lowest BCUT2D eigenvalue weighted by Crippen LogP contribution is -1.95. The highest BCUT2D eigenvalue weighted by molar-refractivity contribution is 9.10. The van der Waals surface area contributed by atoms with Crippen molar-refractivity contribution in [3.63, 3.8) is 0 Å². The lowest BCUT2D eigenvalue weighted by atomic mass is 10.2. The summed E-state index contributed by atoms with van der Waals surface area (Å²) in [6.45, 7) is 0. The van der Waals surface area contributed by atoms with Gasteiger partial charge in [-0.3, -0.25) is 0 Å². The van der Waals surface area contributed by atoms with Gasteiger partial charge in [-0.2, -0.15) is 0 Å². The molecule has 2 aromatic rings. The van der Waals surface area contributed by atoms with Crippen LogP contribution in [-0.4, -0.2) is 9.97 Å². The Morgan fingerprint density at radius 1 is 1.13 bits per heavy atom. The highest BCUT2D eigenvalue weighted by atomic mass is 79.9. The molecule has 3 rings (SSSR count).